The Bertz CT molecular complexity index is 532. The van der Waals surface area contributed by atoms with Gasteiger partial charge in [0.2, 0.25) is 0 Å². The first kappa shape index (κ1) is 17.0. The molecule has 0 amide bonds. The van der Waals surface area contributed by atoms with Crippen LogP contribution in [-0.2, 0) is 4.74 Å². The summed E-state index contributed by atoms with van der Waals surface area (Å²) in [6.45, 7) is 11.7. The second-order valence-corrected chi connectivity index (χ2v) is 8.21. The second-order valence-electron chi connectivity index (χ2n) is 8.21. The summed E-state index contributed by atoms with van der Waals surface area (Å²) in [6.07, 6.45) is 11.4. The van der Waals surface area contributed by atoms with Crippen LogP contribution in [0.25, 0.3) is 0 Å². The van der Waals surface area contributed by atoms with Crippen molar-refractivity contribution in [2.45, 2.75) is 64.5 Å². The van der Waals surface area contributed by atoms with E-state index in [4.69, 9.17) is 4.74 Å². The number of allylic oxidation sites excluding steroid dienone is 2. The fourth-order valence-electron chi connectivity index (χ4n) is 5.00. The lowest BCUT2D eigenvalue weighted by atomic mass is 9.58. The van der Waals surface area contributed by atoms with E-state index in [2.05, 4.69) is 51.9 Å². The predicted molar refractivity (Wildman–Crippen MR) is 97.4 cm³/mol. The molecule has 0 radical (unpaired) electrons. The van der Waals surface area contributed by atoms with Crippen LogP contribution in [0, 0.1) is 17.8 Å². The molecule has 1 fully saturated rings. The molecule has 0 aromatic rings. The quantitative estimate of drug-likeness (QED) is 0.766. The summed E-state index contributed by atoms with van der Waals surface area (Å²) in [6, 6.07) is 0. The van der Waals surface area contributed by atoms with Crippen molar-refractivity contribution in [3.63, 3.8) is 0 Å². The molecule has 2 aliphatic carbocycles. The maximum absolute atomic E-state index is 6.09. The highest BCUT2D eigenvalue weighted by molar-refractivity contribution is 5.23. The van der Waals surface area contributed by atoms with Crippen LogP contribution >= 0.6 is 0 Å². The normalized spacial score (nSPS) is 40.9. The highest BCUT2D eigenvalue weighted by Crippen LogP contribution is 2.50. The fraction of sp³-hybridized carbons (Fsp3) is 0.714. The number of ether oxygens (including phenoxy) is 1. The first-order valence-corrected chi connectivity index (χ1v) is 9.26. The van der Waals surface area contributed by atoms with Crippen LogP contribution in [0.2, 0.25) is 0 Å². The van der Waals surface area contributed by atoms with Crippen LogP contribution in [0.15, 0.2) is 35.5 Å². The minimum absolute atomic E-state index is 0.226. The van der Waals surface area contributed by atoms with E-state index >= 15 is 0 Å². The standard InChI is InChI=1S/C21H33NO/c1-14(2)20-9-7-16(13-23-20)17-10-11-21(4,22-5)19-8-6-15(3)12-18(17)19/h7,12,17-20,22H,1,6,8-11,13H2,2-5H3. The molecule has 0 spiro atoms. The molecule has 2 nitrogen and oxygen atoms in total. The fourth-order valence-corrected chi connectivity index (χ4v) is 5.00. The van der Waals surface area contributed by atoms with Gasteiger partial charge in [0.25, 0.3) is 0 Å². The molecule has 0 bridgehead atoms. The van der Waals surface area contributed by atoms with Gasteiger partial charge in [-0.25, -0.2) is 0 Å². The minimum atomic E-state index is 0.226. The largest absolute Gasteiger partial charge is 0.369 e. The molecule has 5 atom stereocenters. The zero-order valence-electron chi connectivity index (χ0n) is 15.3. The van der Waals surface area contributed by atoms with Crippen molar-refractivity contribution >= 4 is 0 Å². The van der Waals surface area contributed by atoms with Gasteiger partial charge in [-0.15, -0.1) is 0 Å². The third-order valence-corrected chi connectivity index (χ3v) is 6.69. The smallest absolute Gasteiger partial charge is 0.0818 e. The van der Waals surface area contributed by atoms with E-state index in [1.54, 1.807) is 11.1 Å². The Balaban J connectivity index is 1.83. The summed E-state index contributed by atoms with van der Waals surface area (Å²) < 4.78 is 6.09. The van der Waals surface area contributed by atoms with Crippen LogP contribution < -0.4 is 5.32 Å². The zero-order chi connectivity index (χ0) is 16.6. The van der Waals surface area contributed by atoms with Crippen LogP contribution in [0.4, 0.5) is 0 Å². The lowest BCUT2D eigenvalue weighted by Gasteiger charge is -2.52. The maximum atomic E-state index is 6.09. The van der Waals surface area contributed by atoms with Crippen molar-refractivity contribution in [1.82, 2.24) is 5.32 Å². The van der Waals surface area contributed by atoms with Crippen LogP contribution in [-0.4, -0.2) is 25.3 Å². The second kappa shape index (κ2) is 6.57. The highest BCUT2D eigenvalue weighted by atomic mass is 16.5. The summed E-state index contributed by atoms with van der Waals surface area (Å²) >= 11 is 0. The van der Waals surface area contributed by atoms with Crippen molar-refractivity contribution in [1.29, 1.82) is 0 Å². The molecule has 0 aromatic carbocycles. The predicted octanol–water partition coefficient (Wildman–Crippen LogP) is 4.64. The molecule has 0 aromatic heterocycles. The molecule has 3 rings (SSSR count). The maximum Gasteiger partial charge on any atom is 0.0818 e. The van der Waals surface area contributed by atoms with E-state index in [1.807, 2.05) is 0 Å². The molecule has 1 saturated carbocycles. The molecule has 2 heteroatoms. The lowest BCUT2D eigenvalue weighted by Crippen LogP contribution is -2.55. The Kier molecular flexibility index (Phi) is 4.85. The van der Waals surface area contributed by atoms with E-state index in [9.17, 15) is 0 Å². The average molecular weight is 316 g/mol. The highest BCUT2D eigenvalue weighted by Gasteiger charge is 2.46. The van der Waals surface area contributed by atoms with E-state index in [0.29, 0.717) is 11.8 Å². The van der Waals surface area contributed by atoms with Gasteiger partial charge in [0.1, 0.15) is 0 Å². The molecular weight excluding hydrogens is 282 g/mol. The first-order chi connectivity index (χ1) is 10.9. The van der Waals surface area contributed by atoms with E-state index in [1.165, 1.54) is 25.7 Å². The van der Waals surface area contributed by atoms with Crippen molar-refractivity contribution in [3.05, 3.63) is 35.5 Å². The number of hydrogen-bond acceptors (Lipinski definition) is 2. The Hall–Kier alpha value is -0.860. The SMILES string of the molecule is C=C(C)C1CC=C(C2CCC(C)(NC)C3CCC(C)=CC23)CO1. The van der Waals surface area contributed by atoms with E-state index in [-0.39, 0.29) is 11.6 Å². The van der Waals surface area contributed by atoms with Gasteiger partial charge in [-0.1, -0.05) is 29.9 Å². The number of nitrogens with one attached hydrogen (secondary N) is 1. The van der Waals surface area contributed by atoms with Gasteiger partial charge in [-0.3, -0.25) is 0 Å². The van der Waals surface area contributed by atoms with Crippen molar-refractivity contribution in [2.24, 2.45) is 17.8 Å². The Morgan fingerprint density at radius 2 is 2.17 bits per heavy atom. The zero-order valence-corrected chi connectivity index (χ0v) is 15.3. The third kappa shape index (κ3) is 3.21. The molecule has 23 heavy (non-hydrogen) atoms. The summed E-state index contributed by atoms with van der Waals surface area (Å²) in [5.74, 6) is 2.09. The molecule has 5 unspecified atom stereocenters. The molecule has 1 heterocycles. The first-order valence-electron chi connectivity index (χ1n) is 9.26. The molecule has 1 aliphatic heterocycles. The van der Waals surface area contributed by atoms with Gasteiger partial charge >= 0.3 is 0 Å². The van der Waals surface area contributed by atoms with Gasteiger partial charge in [0, 0.05) is 5.54 Å². The van der Waals surface area contributed by atoms with Crippen molar-refractivity contribution < 1.29 is 4.74 Å². The van der Waals surface area contributed by atoms with Gasteiger partial charge in [-0.05, 0) is 83.2 Å². The topological polar surface area (TPSA) is 21.3 Å². The molecule has 128 valence electrons. The third-order valence-electron chi connectivity index (χ3n) is 6.69. The molecular formula is C21H33NO. The summed E-state index contributed by atoms with van der Waals surface area (Å²) in [5, 5.41) is 3.65. The van der Waals surface area contributed by atoms with Crippen molar-refractivity contribution in [2.75, 3.05) is 13.7 Å². The van der Waals surface area contributed by atoms with Gasteiger partial charge in [0.05, 0.1) is 12.7 Å². The lowest BCUT2D eigenvalue weighted by molar-refractivity contribution is 0.0498. The average Bonchev–Trinajstić information content (AvgIpc) is 2.55. The molecule has 3 aliphatic rings. The molecule has 1 N–H and O–H groups in total. The molecule has 0 saturated heterocycles. The van der Waals surface area contributed by atoms with E-state index in [0.717, 1.165) is 24.5 Å². The van der Waals surface area contributed by atoms with Crippen LogP contribution in [0.5, 0.6) is 0 Å². The Labute approximate surface area is 142 Å². The monoisotopic (exact) mass is 315 g/mol. The van der Waals surface area contributed by atoms with E-state index < -0.39 is 0 Å². The Morgan fingerprint density at radius 3 is 2.78 bits per heavy atom. The summed E-state index contributed by atoms with van der Waals surface area (Å²) in [7, 11) is 2.14. The summed E-state index contributed by atoms with van der Waals surface area (Å²) in [5.41, 5.74) is 4.56. The van der Waals surface area contributed by atoms with Gasteiger partial charge < -0.3 is 10.1 Å². The Morgan fingerprint density at radius 1 is 1.39 bits per heavy atom. The van der Waals surface area contributed by atoms with Crippen molar-refractivity contribution in [3.8, 4) is 0 Å². The summed E-state index contributed by atoms with van der Waals surface area (Å²) in [4.78, 5) is 0. The number of hydrogen-bond donors (Lipinski definition) is 1. The minimum Gasteiger partial charge on any atom is -0.369 e. The van der Waals surface area contributed by atoms with Gasteiger partial charge in [-0.2, -0.15) is 0 Å². The van der Waals surface area contributed by atoms with Crippen LogP contribution in [0.1, 0.15) is 52.9 Å². The van der Waals surface area contributed by atoms with Crippen LogP contribution in [0.3, 0.4) is 0 Å². The van der Waals surface area contributed by atoms with Gasteiger partial charge in [0.15, 0.2) is 0 Å². The number of fused-ring (bicyclic) bond motifs is 1. The number of rotatable bonds is 3.